The van der Waals surface area contributed by atoms with E-state index < -0.39 is 5.41 Å². The van der Waals surface area contributed by atoms with Crippen LogP contribution in [0.2, 0.25) is 5.02 Å². The maximum Gasteiger partial charge on any atom is 0.255 e. The summed E-state index contributed by atoms with van der Waals surface area (Å²) in [5.41, 5.74) is 5.25. The zero-order valence-electron chi connectivity index (χ0n) is 24.6. The smallest absolute Gasteiger partial charge is 0.255 e. The minimum Gasteiger partial charge on any atom is -0.358 e. The number of aryl methyl sites for hydroxylation is 1. The van der Waals surface area contributed by atoms with Crippen LogP contribution in [0, 0.1) is 18.3 Å². The molecule has 0 radical (unpaired) electrons. The number of nitrogens with zero attached hydrogens (tertiary/aromatic N) is 6. The van der Waals surface area contributed by atoms with Gasteiger partial charge in [-0.3, -0.25) is 9.36 Å². The van der Waals surface area contributed by atoms with E-state index in [-0.39, 0.29) is 12.1 Å². The van der Waals surface area contributed by atoms with Crippen molar-refractivity contribution >= 4 is 45.9 Å². The van der Waals surface area contributed by atoms with Crippen LogP contribution in [0.15, 0.2) is 67.4 Å². The largest absolute Gasteiger partial charge is 0.358 e. The van der Waals surface area contributed by atoms with Crippen molar-refractivity contribution in [2.75, 3.05) is 17.2 Å². The van der Waals surface area contributed by atoms with Gasteiger partial charge < -0.3 is 15.4 Å². The number of aromatic nitrogens is 5. The molecule has 1 aliphatic heterocycles. The molecule has 6 rings (SSSR count). The Labute approximate surface area is 260 Å². The fraction of sp³-hybridized carbons (Fsp3) is 0.273. The van der Waals surface area contributed by atoms with Gasteiger partial charge in [-0.1, -0.05) is 17.7 Å². The van der Waals surface area contributed by atoms with Gasteiger partial charge >= 0.3 is 0 Å². The SMILES string of the molecule is Cc1ccc(NC(=O)c2ccc(Cl)c(C(C)(C)C#N)c2)cc1Nc1ncccc1-c1ncnc2c1ncn2C1CCCCO1. The number of rotatable bonds is 7. The molecule has 11 heteroatoms. The Balaban J connectivity index is 1.28. The number of benzene rings is 2. The van der Waals surface area contributed by atoms with Gasteiger partial charge in [0, 0.05) is 40.3 Å². The van der Waals surface area contributed by atoms with Gasteiger partial charge in [-0.25, -0.2) is 19.9 Å². The molecule has 0 aliphatic carbocycles. The van der Waals surface area contributed by atoms with Crippen molar-refractivity contribution in [3.8, 4) is 17.3 Å². The van der Waals surface area contributed by atoms with Crippen LogP contribution in [-0.2, 0) is 10.2 Å². The summed E-state index contributed by atoms with van der Waals surface area (Å²) < 4.78 is 7.96. The van der Waals surface area contributed by atoms with Crippen molar-refractivity contribution < 1.29 is 9.53 Å². The number of carbonyl (C=O) groups is 1. The molecule has 1 saturated heterocycles. The van der Waals surface area contributed by atoms with E-state index >= 15 is 0 Å². The van der Waals surface area contributed by atoms with E-state index in [4.69, 9.17) is 16.3 Å². The third-order valence-corrected chi connectivity index (χ3v) is 8.15. The van der Waals surface area contributed by atoms with Gasteiger partial charge in [-0.05, 0) is 93.6 Å². The molecule has 5 aromatic rings. The van der Waals surface area contributed by atoms with E-state index in [1.165, 1.54) is 6.33 Å². The number of nitrogens with one attached hydrogen (secondary N) is 2. The van der Waals surface area contributed by atoms with Gasteiger partial charge in [0.2, 0.25) is 0 Å². The van der Waals surface area contributed by atoms with Crippen LogP contribution in [0.5, 0.6) is 0 Å². The van der Waals surface area contributed by atoms with E-state index in [2.05, 4.69) is 36.6 Å². The Kier molecular flexibility index (Phi) is 7.99. The van der Waals surface area contributed by atoms with Crippen LogP contribution in [0.25, 0.3) is 22.4 Å². The number of imidazole rings is 1. The zero-order valence-corrected chi connectivity index (χ0v) is 25.4. The number of anilines is 3. The molecule has 10 nitrogen and oxygen atoms in total. The summed E-state index contributed by atoms with van der Waals surface area (Å²) >= 11 is 6.35. The first-order chi connectivity index (χ1) is 21.2. The normalized spacial score (nSPS) is 15.1. The maximum absolute atomic E-state index is 13.2. The molecule has 4 heterocycles. The minimum atomic E-state index is -0.842. The Hall–Kier alpha value is -4.85. The second-order valence-corrected chi connectivity index (χ2v) is 11.7. The fourth-order valence-electron chi connectivity index (χ4n) is 5.27. The Morgan fingerprint density at radius 3 is 2.77 bits per heavy atom. The number of hydrogen-bond donors (Lipinski definition) is 2. The number of pyridine rings is 1. The van der Waals surface area contributed by atoms with Crippen LogP contribution in [-0.4, -0.2) is 37.0 Å². The Morgan fingerprint density at radius 1 is 1.11 bits per heavy atom. The molecule has 1 aliphatic rings. The molecule has 1 fully saturated rings. The highest BCUT2D eigenvalue weighted by Crippen LogP contribution is 2.35. The molecule has 2 aromatic carbocycles. The highest BCUT2D eigenvalue weighted by atomic mass is 35.5. The van der Waals surface area contributed by atoms with Crippen LogP contribution < -0.4 is 10.6 Å². The predicted molar refractivity (Wildman–Crippen MR) is 170 cm³/mol. The third-order valence-electron chi connectivity index (χ3n) is 7.82. The van der Waals surface area contributed by atoms with E-state index in [1.54, 1.807) is 44.6 Å². The molecular formula is C33H31ClN8O2. The topological polar surface area (TPSA) is 131 Å². The van der Waals surface area contributed by atoms with Crippen LogP contribution >= 0.6 is 11.6 Å². The lowest BCUT2D eigenvalue weighted by molar-refractivity contribution is -0.0298. The lowest BCUT2D eigenvalue weighted by atomic mass is 9.85. The Bertz CT molecular complexity index is 1910. The second-order valence-electron chi connectivity index (χ2n) is 11.3. The second kappa shape index (κ2) is 12.0. The number of ether oxygens (including phenoxy) is 1. The van der Waals surface area contributed by atoms with Gasteiger partial charge in [0.15, 0.2) is 5.65 Å². The molecule has 3 aromatic heterocycles. The summed E-state index contributed by atoms with van der Waals surface area (Å²) in [7, 11) is 0. The van der Waals surface area contributed by atoms with Crippen molar-refractivity contribution in [1.82, 2.24) is 24.5 Å². The number of halogens is 1. The average molecular weight is 607 g/mol. The molecule has 1 amide bonds. The molecule has 2 N–H and O–H groups in total. The Morgan fingerprint density at radius 2 is 1.98 bits per heavy atom. The van der Waals surface area contributed by atoms with E-state index in [9.17, 15) is 10.1 Å². The van der Waals surface area contributed by atoms with Gasteiger partial charge in [-0.15, -0.1) is 0 Å². The number of amides is 1. The molecule has 0 bridgehead atoms. The maximum atomic E-state index is 13.2. The molecule has 44 heavy (non-hydrogen) atoms. The summed E-state index contributed by atoms with van der Waals surface area (Å²) in [5, 5.41) is 16.4. The van der Waals surface area contributed by atoms with Crippen molar-refractivity contribution in [3.05, 3.63) is 89.1 Å². The van der Waals surface area contributed by atoms with Crippen LogP contribution in [0.1, 0.15) is 60.8 Å². The lowest BCUT2D eigenvalue weighted by Crippen LogP contribution is -2.17. The predicted octanol–water partition coefficient (Wildman–Crippen LogP) is 7.35. The van der Waals surface area contributed by atoms with Gasteiger partial charge in [0.25, 0.3) is 5.91 Å². The summed E-state index contributed by atoms with van der Waals surface area (Å²) in [6.45, 7) is 6.23. The monoisotopic (exact) mass is 606 g/mol. The van der Waals surface area contributed by atoms with Crippen molar-refractivity contribution in [3.63, 3.8) is 0 Å². The van der Waals surface area contributed by atoms with Gasteiger partial charge in [0.05, 0.1) is 17.8 Å². The van der Waals surface area contributed by atoms with E-state index in [0.29, 0.717) is 44.5 Å². The highest BCUT2D eigenvalue weighted by Gasteiger charge is 2.25. The quantitative estimate of drug-likeness (QED) is 0.197. The van der Waals surface area contributed by atoms with E-state index in [1.807, 2.05) is 41.8 Å². The summed E-state index contributed by atoms with van der Waals surface area (Å²) in [4.78, 5) is 31.6. The van der Waals surface area contributed by atoms with E-state index in [0.717, 1.165) is 42.7 Å². The number of fused-ring (bicyclic) bond motifs is 1. The first kappa shape index (κ1) is 29.2. The van der Waals surface area contributed by atoms with Crippen LogP contribution in [0.3, 0.4) is 0 Å². The van der Waals surface area contributed by atoms with Gasteiger partial charge in [0.1, 0.15) is 29.6 Å². The number of hydrogen-bond acceptors (Lipinski definition) is 8. The summed E-state index contributed by atoms with van der Waals surface area (Å²) in [5.74, 6) is 0.273. The average Bonchev–Trinajstić information content (AvgIpc) is 3.48. The molecule has 0 spiro atoms. The summed E-state index contributed by atoms with van der Waals surface area (Å²) in [6.07, 6.45) is 7.98. The molecule has 1 unspecified atom stereocenters. The molecule has 0 saturated carbocycles. The minimum absolute atomic E-state index is 0.0964. The van der Waals surface area contributed by atoms with Gasteiger partial charge in [-0.2, -0.15) is 5.26 Å². The zero-order chi connectivity index (χ0) is 30.8. The number of carbonyl (C=O) groups excluding carboxylic acids is 1. The standard InChI is InChI=1S/C33H31ClN8O2/c1-20-9-11-22(40-32(43)21-10-12-25(34)24(15-21)33(2,3)17-35)16-26(20)41-30-23(7-6-13-36-30)28-29-31(38-18-37-28)42(19-39-29)27-8-4-5-14-44-27/h6-7,9-13,15-16,18-19,27H,4-5,8,14H2,1-3H3,(H,36,41)(H,40,43). The summed E-state index contributed by atoms with van der Waals surface area (Å²) in [6, 6.07) is 16.6. The third kappa shape index (κ3) is 5.72. The van der Waals surface area contributed by atoms with Crippen LogP contribution in [0.4, 0.5) is 17.2 Å². The first-order valence-corrected chi connectivity index (χ1v) is 14.8. The lowest BCUT2D eigenvalue weighted by Gasteiger charge is -2.23. The van der Waals surface area contributed by atoms with Crippen molar-refractivity contribution in [1.29, 1.82) is 5.26 Å². The first-order valence-electron chi connectivity index (χ1n) is 14.4. The molecule has 1 atom stereocenters. The molecule has 222 valence electrons. The highest BCUT2D eigenvalue weighted by molar-refractivity contribution is 6.31. The van der Waals surface area contributed by atoms with Crippen molar-refractivity contribution in [2.45, 2.75) is 51.7 Å². The van der Waals surface area contributed by atoms with Crippen molar-refractivity contribution in [2.24, 2.45) is 0 Å². The fourth-order valence-corrected chi connectivity index (χ4v) is 5.62. The number of nitriles is 1. The molecular weight excluding hydrogens is 576 g/mol.